The molecule has 112 valence electrons. The summed E-state index contributed by atoms with van der Waals surface area (Å²) >= 11 is 2.75. The molecule has 8 nitrogen and oxygen atoms in total. The first kappa shape index (κ1) is 14.4. The van der Waals surface area contributed by atoms with Crippen LogP contribution in [0.4, 0.5) is 11.9 Å². The maximum Gasteiger partial charge on any atom is 0.231 e. The molecule has 0 aromatic carbocycles. The molecule has 1 N–H and O–H groups in total. The monoisotopic (exact) mass is 325 g/mol. The van der Waals surface area contributed by atoms with Crippen LogP contribution >= 0.6 is 23.3 Å². The summed E-state index contributed by atoms with van der Waals surface area (Å²) in [5, 5.41) is 3.59. The molecule has 3 heterocycles. The van der Waals surface area contributed by atoms with Crippen LogP contribution in [0.2, 0.25) is 0 Å². The summed E-state index contributed by atoms with van der Waals surface area (Å²) in [5.41, 5.74) is 0. The van der Waals surface area contributed by atoms with Crippen molar-refractivity contribution in [1.29, 1.82) is 0 Å². The molecule has 3 rings (SSSR count). The van der Waals surface area contributed by atoms with Crippen LogP contribution in [0.3, 0.4) is 0 Å². The minimum atomic E-state index is 0.551. The molecule has 10 heteroatoms. The lowest BCUT2D eigenvalue weighted by molar-refractivity contribution is 0.122. The second-order valence-electron chi connectivity index (χ2n) is 4.30. The van der Waals surface area contributed by atoms with Gasteiger partial charge in [0.2, 0.25) is 17.1 Å². The average Bonchev–Trinajstić information content (AvgIpc) is 2.93. The normalized spacial score (nSPS) is 15.2. The van der Waals surface area contributed by atoms with Crippen molar-refractivity contribution in [2.24, 2.45) is 0 Å². The molecule has 0 amide bonds. The van der Waals surface area contributed by atoms with Crippen LogP contribution in [0.15, 0.2) is 9.50 Å². The van der Waals surface area contributed by atoms with E-state index >= 15 is 0 Å². The Hall–Kier alpha value is -1.52. The molecule has 1 saturated heterocycles. The standard InChI is InChI=1S/C11H15N7OS2/c1-7-13-11(21-17-7)20-10-15-8(12-2)14-9(16-10)18-3-5-19-6-4-18/h3-6H2,1-2H3,(H,12,14,15,16). The second-order valence-corrected chi connectivity index (χ2v) is 6.27. The Morgan fingerprint density at radius 3 is 2.67 bits per heavy atom. The van der Waals surface area contributed by atoms with Gasteiger partial charge >= 0.3 is 0 Å². The van der Waals surface area contributed by atoms with Crippen molar-refractivity contribution < 1.29 is 4.74 Å². The van der Waals surface area contributed by atoms with Crippen molar-refractivity contribution in [3.63, 3.8) is 0 Å². The van der Waals surface area contributed by atoms with Crippen molar-refractivity contribution in [3.05, 3.63) is 5.82 Å². The van der Waals surface area contributed by atoms with Gasteiger partial charge in [0.1, 0.15) is 5.82 Å². The van der Waals surface area contributed by atoms with Gasteiger partial charge in [-0.25, -0.2) is 4.98 Å². The Morgan fingerprint density at radius 2 is 2.00 bits per heavy atom. The fourth-order valence-corrected chi connectivity index (χ4v) is 3.31. The van der Waals surface area contributed by atoms with E-state index in [0.717, 1.165) is 23.3 Å². The highest BCUT2D eigenvalue weighted by Gasteiger charge is 2.17. The maximum atomic E-state index is 5.36. The number of hydrogen-bond acceptors (Lipinski definition) is 10. The Labute approximate surface area is 130 Å². The number of nitrogens with one attached hydrogen (secondary N) is 1. The third-order valence-corrected chi connectivity index (χ3v) is 4.52. The first-order valence-corrected chi connectivity index (χ1v) is 8.08. The Balaban J connectivity index is 1.85. The number of rotatable bonds is 4. The summed E-state index contributed by atoms with van der Waals surface area (Å²) in [5.74, 6) is 1.98. The Morgan fingerprint density at radius 1 is 1.19 bits per heavy atom. The van der Waals surface area contributed by atoms with Gasteiger partial charge in [-0.15, -0.1) is 0 Å². The smallest absolute Gasteiger partial charge is 0.231 e. The van der Waals surface area contributed by atoms with E-state index in [9.17, 15) is 0 Å². The maximum absolute atomic E-state index is 5.36. The average molecular weight is 325 g/mol. The predicted molar refractivity (Wildman–Crippen MR) is 81.2 cm³/mol. The topological polar surface area (TPSA) is 89.0 Å². The van der Waals surface area contributed by atoms with Crippen LogP contribution in [-0.4, -0.2) is 57.7 Å². The van der Waals surface area contributed by atoms with Crippen LogP contribution in [0.1, 0.15) is 5.82 Å². The number of ether oxygens (including phenoxy) is 1. The number of aryl methyl sites for hydroxylation is 1. The van der Waals surface area contributed by atoms with E-state index in [1.165, 1.54) is 23.3 Å². The van der Waals surface area contributed by atoms with Gasteiger partial charge in [-0.2, -0.15) is 19.3 Å². The molecule has 0 atom stereocenters. The van der Waals surface area contributed by atoms with Crippen molar-refractivity contribution in [2.75, 3.05) is 43.6 Å². The lowest BCUT2D eigenvalue weighted by atomic mass is 10.4. The van der Waals surface area contributed by atoms with Crippen molar-refractivity contribution in [2.45, 2.75) is 16.4 Å². The first-order valence-electron chi connectivity index (χ1n) is 6.49. The van der Waals surface area contributed by atoms with Crippen molar-refractivity contribution in [3.8, 4) is 0 Å². The van der Waals surface area contributed by atoms with E-state index in [1.807, 2.05) is 6.92 Å². The third kappa shape index (κ3) is 3.57. The highest BCUT2D eigenvalue weighted by molar-refractivity contribution is 8.00. The largest absolute Gasteiger partial charge is 0.378 e. The summed E-state index contributed by atoms with van der Waals surface area (Å²) in [4.78, 5) is 19.7. The third-order valence-electron chi connectivity index (χ3n) is 2.81. The summed E-state index contributed by atoms with van der Waals surface area (Å²) < 4.78 is 10.3. The molecule has 0 spiro atoms. The first-order chi connectivity index (χ1) is 10.2. The quantitative estimate of drug-likeness (QED) is 0.886. The van der Waals surface area contributed by atoms with E-state index in [2.05, 4.69) is 34.5 Å². The van der Waals surface area contributed by atoms with Crippen LogP contribution in [0.5, 0.6) is 0 Å². The van der Waals surface area contributed by atoms with Gasteiger partial charge in [0.05, 0.1) is 13.2 Å². The van der Waals surface area contributed by atoms with E-state index in [-0.39, 0.29) is 0 Å². The molecule has 21 heavy (non-hydrogen) atoms. The second kappa shape index (κ2) is 6.50. The molecule has 1 aliphatic heterocycles. The van der Waals surface area contributed by atoms with Gasteiger partial charge in [-0.3, -0.25) is 0 Å². The van der Waals surface area contributed by atoms with Crippen molar-refractivity contribution >= 4 is 35.2 Å². The minimum Gasteiger partial charge on any atom is -0.378 e. The predicted octanol–water partition coefficient (Wildman–Crippen LogP) is 1.06. The minimum absolute atomic E-state index is 0.551. The molecule has 0 radical (unpaired) electrons. The number of nitrogens with zero attached hydrogens (tertiary/aromatic N) is 6. The highest BCUT2D eigenvalue weighted by atomic mass is 32.2. The molecule has 1 aliphatic rings. The van der Waals surface area contributed by atoms with E-state index in [4.69, 9.17) is 4.74 Å². The van der Waals surface area contributed by atoms with Crippen LogP contribution in [-0.2, 0) is 4.74 Å². The Bertz CT molecular complexity index is 614. The molecule has 2 aromatic heterocycles. The Kier molecular flexibility index (Phi) is 4.46. The summed E-state index contributed by atoms with van der Waals surface area (Å²) in [6, 6.07) is 0. The van der Waals surface area contributed by atoms with Gasteiger partial charge in [0.25, 0.3) is 0 Å². The summed E-state index contributed by atoms with van der Waals surface area (Å²) in [6.07, 6.45) is 0. The molecular formula is C11H15N7OS2. The number of aromatic nitrogens is 5. The molecule has 0 bridgehead atoms. The number of morpholine rings is 1. The lowest BCUT2D eigenvalue weighted by Crippen LogP contribution is -2.37. The molecule has 0 unspecified atom stereocenters. The van der Waals surface area contributed by atoms with Gasteiger partial charge in [0, 0.05) is 20.1 Å². The van der Waals surface area contributed by atoms with Gasteiger partial charge in [-0.1, -0.05) is 0 Å². The molecular weight excluding hydrogens is 310 g/mol. The zero-order valence-electron chi connectivity index (χ0n) is 11.7. The molecule has 0 aliphatic carbocycles. The van der Waals surface area contributed by atoms with E-state index < -0.39 is 0 Å². The van der Waals surface area contributed by atoms with Crippen LogP contribution in [0.25, 0.3) is 0 Å². The number of hydrogen-bond donors (Lipinski definition) is 1. The molecule has 1 fully saturated rings. The molecule has 0 saturated carbocycles. The zero-order valence-corrected chi connectivity index (χ0v) is 13.4. The van der Waals surface area contributed by atoms with Crippen molar-refractivity contribution in [1.82, 2.24) is 24.3 Å². The summed E-state index contributed by atoms with van der Waals surface area (Å²) in [6.45, 7) is 4.83. The highest BCUT2D eigenvalue weighted by Crippen LogP contribution is 2.27. The van der Waals surface area contributed by atoms with E-state index in [0.29, 0.717) is 30.3 Å². The lowest BCUT2D eigenvalue weighted by Gasteiger charge is -2.26. The van der Waals surface area contributed by atoms with Crippen LogP contribution < -0.4 is 10.2 Å². The summed E-state index contributed by atoms with van der Waals surface area (Å²) in [7, 11) is 1.79. The number of anilines is 2. The van der Waals surface area contributed by atoms with Crippen LogP contribution in [0, 0.1) is 6.92 Å². The van der Waals surface area contributed by atoms with E-state index in [1.54, 1.807) is 7.05 Å². The SMILES string of the molecule is CNc1nc(Sc2nc(C)ns2)nc(N2CCOCC2)n1. The van der Waals surface area contributed by atoms with Gasteiger partial charge in [-0.05, 0) is 30.2 Å². The van der Waals surface area contributed by atoms with Gasteiger partial charge in [0.15, 0.2) is 4.34 Å². The fourth-order valence-electron chi connectivity index (χ4n) is 1.81. The molecule has 2 aromatic rings. The zero-order chi connectivity index (χ0) is 14.7. The fraction of sp³-hybridized carbons (Fsp3) is 0.545. The van der Waals surface area contributed by atoms with Gasteiger partial charge < -0.3 is 15.0 Å².